The van der Waals surface area contributed by atoms with Crippen LogP contribution in [0.3, 0.4) is 0 Å². The third-order valence-electron chi connectivity index (χ3n) is 4.64. The third kappa shape index (κ3) is 4.25. The Morgan fingerprint density at radius 2 is 1.78 bits per heavy atom. The summed E-state index contributed by atoms with van der Waals surface area (Å²) in [6, 6.07) is 15.2. The highest BCUT2D eigenvalue weighted by Gasteiger charge is 2.29. The summed E-state index contributed by atoms with van der Waals surface area (Å²) >= 11 is 0. The highest BCUT2D eigenvalue weighted by atomic mass is 16.5. The van der Waals surface area contributed by atoms with E-state index in [2.05, 4.69) is 10.1 Å². The lowest BCUT2D eigenvalue weighted by molar-refractivity contribution is -0.140. The van der Waals surface area contributed by atoms with Crippen molar-refractivity contribution >= 4 is 17.8 Å². The number of hydrogen-bond donors (Lipinski definition) is 3. The molecule has 1 fully saturated rings. The quantitative estimate of drug-likeness (QED) is 0.414. The van der Waals surface area contributed by atoms with E-state index in [0.29, 0.717) is 18.7 Å². The number of nitrogens with one attached hydrogen (secondary N) is 2. The molecule has 0 radical (unpaired) electrons. The molecule has 2 aromatic rings. The van der Waals surface area contributed by atoms with Gasteiger partial charge in [-0.1, -0.05) is 48.5 Å². The molecule has 2 amide bonds. The molecular weight excluding hydrogens is 344 g/mol. The molecule has 0 saturated carbocycles. The summed E-state index contributed by atoms with van der Waals surface area (Å²) in [5, 5.41) is 10.4. The second-order valence-electron chi connectivity index (χ2n) is 6.39. The summed E-state index contributed by atoms with van der Waals surface area (Å²) in [7, 11) is 1.34. The summed E-state index contributed by atoms with van der Waals surface area (Å²) in [5.41, 5.74) is 9.25. The molecule has 1 saturated heterocycles. The molecule has 27 heavy (non-hydrogen) atoms. The number of esters is 1. The van der Waals surface area contributed by atoms with E-state index in [0.717, 1.165) is 16.7 Å². The highest BCUT2D eigenvalue weighted by molar-refractivity contribution is 5.95. The molecule has 1 heterocycles. The summed E-state index contributed by atoms with van der Waals surface area (Å²) in [6.45, 7) is 0.859. The van der Waals surface area contributed by atoms with E-state index in [1.54, 1.807) is 4.90 Å². The minimum atomic E-state index is -0.327. The SMILES string of the molecule is COC(=O)CCN1CC(c2ccc(-c3ccc(C(=N)N)cc3)cc2)NC1=O. The van der Waals surface area contributed by atoms with Gasteiger partial charge in [-0.05, 0) is 16.7 Å². The molecule has 0 bridgehead atoms. The molecule has 2 aromatic carbocycles. The van der Waals surface area contributed by atoms with Crippen molar-refractivity contribution in [2.24, 2.45) is 5.73 Å². The molecule has 1 unspecified atom stereocenters. The van der Waals surface area contributed by atoms with E-state index in [9.17, 15) is 9.59 Å². The maximum Gasteiger partial charge on any atom is 0.318 e. The Bertz CT molecular complexity index is 847. The van der Waals surface area contributed by atoms with Crippen molar-refractivity contribution in [3.63, 3.8) is 0 Å². The van der Waals surface area contributed by atoms with Crippen LogP contribution < -0.4 is 11.1 Å². The molecule has 1 aliphatic rings. The van der Waals surface area contributed by atoms with Gasteiger partial charge in [0.2, 0.25) is 0 Å². The first-order valence-corrected chi connectivity index (χ1v) is 8.65. The number of hydrogen-bond acceptors (Lipinski definition) is 4. The molecule has 1 aliphatic heterocycles. The summed E-state index contributed by atoms with van der Waals surface area (Å²) in [5.74, 6) is -0.281. The van der Waals surface area contributed by atoms with Gasteiger partial charge < -0.3 is 20.7 Å². The molecule has 4 N–H and O–H groups in total. The van der Waals surface area contributed by atoms with Crippen molar-refractivity contribution in [1.29, 1.82) is 5.41 Å². The van der Waals surface area contributed by atoms with E-state index in [1.807, 2.05) is 48.5 Å². The van der Waals surface area contributed by atoms with Gasteiger partial charge in [0.15, 0.2) is 0 Å². The van der Waals surface area contributed by atoms with Gasteiger partial charge in [-0.3, -0.25) is 10.2 Å². The Balaban J connectivity index is 1.66. The first-order chi connectivity index (χ1) is 13.0. The molecule has 0 aromatic heterocycles. The van der Waals surface area contributed by atoms with Crippen LogP contribution in [0.2, 0.25) is 0 Å². The fourth-order valence-corrected chi connectivity index (χ4v) is 3.05. The Morgan fingerprint density at radius 1 is 1.19 bits per heavy atom. The maximum absolute atomic E-state index is 12.1. The standard InChI is InChI=1S/C20H22N4O3/c1-27-18(25)10-11-24-12-17(23-20(24)26)15-6-2-13(3-7-15)14-4-8-16(9-5-14)19(21)22/h2-9,17H,10-12H2,1H3,(H3,21,22)(H,23,26). The van der Waals surface area contributed by atoms with E-state index >= 15 is 0 Å². The average molecular weight is 366 g/mol. The van der Waals surface area contributed by atoms with Crippen LogP contribution in [0.15, 0.2) is 48.5 Å². The second kappa shape index (κ2) is 7.90. The minimum Gasteiger partial charge on any atom is -0.469 e. The van der Waals surface area contributed by atoms with Crippen LogP contribution >= 0.6 is 0 Å². The number of carbonyl (C=O) groups is 2. The minimum absolute atomic E-state index is 0.0469. The Morgan fingerprint density at radius 3 is 2.33 bits per heavy atom. The molecule has 3 rings (SSSR count). The number of amidine groups is 1. The zero-order valence-corrected chi connectivity index (χ0v) is 15.1. The Hall–Kier alpha value is -3.35. The van der Waals surface area contributed by atoms with Gasteiger partial charge in [-0.15, -0.1) is 0 Å². The lowest BCUT2D eigenvalue weighted by Crippen LogP contribution is -2.30. The van der Waals surface area contributed by atoms with Crippen LogP contribution in [0.25, 0.3) is 11.1 Å². The number of nitrogens with zero attached hydrogens (tertiary/aromatic N) is 1. The van der Waals surface area contributed by atoms with Crippen molar-refractivity contribution in [2.75, 3.05) is 20.2 Å². The molecule has 0 aliphatic carbocycles. The predicted molar refractivity (Wildman–Crippen MR) is 102 cm³/mol. The molecule has 7 heteroatoms. The lowest BCUT2D eigenvalue weighted by Gasteiger charge is -2.14. The summed E-state index contributed by atoms with van der Waals surface area (Å²) in [6.07, 6.45) is 0.186. The zero-order valence-electron chi connectivity index (χ0n) is 15.1. The number of benzene rings is 2. The van der Waals surface area contributed by atoms with Crippen LogP contribution in [0.4, 0.5) is 4.79 Å². The monoisotopic (exact) mass is 366 g/mol. The number of rotatable bonds is 6. The van der Waals surface area contributed by atoms with Crippen LogP contribution in [-0.2, 0) is 9.53 Å². The number of amides is 2. The Labute approximate surface area is 157 Å². The number of methoxy groups -OCH3 is 1. The van der Waals surface area contributed by atoms with Crippen LogP contribution in [0.5, 0.6) is 0 Å². The fraction of sp³-hybridized carbons (Fsp3) is 0.250. The third-order valence-corrected chi connectivity index (χ3v) is 4.64. The largest absolute Gasteiger partial charge is 0.469 e. The lowest BCUT2D eigenvalue weighted by atomic mass is 10.00. The van der Waals surface area contributed by atoms with Gasteiger partial charge in [-0.2, -0.15) is 0 Å². The average Bonchev–Trinajstić information content (AvgIpc) is 3.07. The molecule has 1 atom stereocenters. The normalized spacial score (nSPS) is 16.1. The van der Waals surface area contributed by atoms with E-state index in [-0.39, 0.29) is 30.3 Å². The highest BCUT2D eigenvalue weighted by Crippen LogP contribution is 2.25. The van der Waals surface area contributed by atoms with Crippen molar-refractivity contribution in [2.45, 2.75) is 12.5 Å². The van der Waals surface area contributed by atoms with Crippen molar-refractivity contribution in [3.8, 4) is 11.1 Å². The fourth-order valence-electron chi connectivity index (χ4n) is 3.05. The van der Waals surface area contributed by atoms with Crippen molar-refractivity contribution < 1.29 is 14.3 Å². The summed E-state index contributed by atoms with van der Waals surface area (Å²) in [4.78, 5) is 24.9. The molecule has 140 valence electrons. The van der Waals surface area contributed by atoms with Crippen LogP contribution in [0, 0.1) is 5.41 Å². The van der Waals surface area contributed by atoms with Gasteiger partial charge in [-0.25, -0.2) is 4.79 Å². The van der Waals surface area contributed by atoms with Gasteiger partial charge in [0, 0.05) is 18.7 Å². The number of urea groups is 1. The molecule has 7 nitrogen and oxygen atoms in total. The molecular formula is C20H22N4O3. The summed E-state index contributed by atoms with van der Waals surface area (Å²) < 4.78 is 4.62. The van der Waals surface area contributed by atoms with Crippen LogP contribution in [-0.4, -0.2) is 42.9 Å². The maximum atomic E-state index is 12.1. The smallest absolute Gasteiger partial charge is 0.318 e. The van der Waals surface area contributed by atoms with Gasteiger partial charge in [0.05, 0.1) is 19.6 Å². The Kier molecular flexibility index (Phi) is 5.40. The van der Waals surface area contributed by atoms with Gasteiger partial charge in [0.1, 0.15) is 5.84 Å². The van der Waals surface area contributed by atoms with Crippen LogP contribution in [0.1, 0.15) is 23.6 Å². The van der Waals surface area contributed by atoms with Crippen molar-refractivity contribution in [3.05, 3.63) is 59.7 Å². The van der Waals surface area contributed by atoms with Gasteiger partial charge >= 0.3 is 12.0 Å². The first-order valence-electron chi connectivity index (χ1n) is 8.65. The number of nitrogen functional groups attached to an aromatic ring is 1. The number of carbonyl (C=O) groups excluding carboxylic acids is 2. The molecule has 0 spiro atoms. The van der Waals surface area contributed by atoms with Crippen molar-refractivity contribution in [1.82, 2.24) is 10.2 Å². The predicted octanol–water partition coefficient (Wildman–Crippen LogP) is 2.27. The first kappa shape index (κ1) is 18.4. The topological polar surface area (TPSA) is 109 Å². The number of nitrogens with two attached hydrogens (primary N) is 1. The van der Waals surface area contributed by atoms with E-state index in [4.69, 9.17) is 11.1 Å². The van der Waals surface area contributed by atoms with E-state index < -0.39 is 0 Å². The van der Waals surface area contributed by atoms with Gasteiger partial charge in [0.25, 0.3) is 0 Å². The number of ether oxygens (including phenoxy) is 1. The zero-order chi connectivity index (χ0) is 19.4. The van der Waals surface area contributed by atoms with E-state index in [1.165, 1.54) is 7.11 Å². The second-order valence-corrected chi connectivity index (χ2v) is 6.39.